The maximum Gasteiger partial charge on any atom is 0.169 e. The van der Waals surface area contributed by atoms with Crippen molar-refractivity contribution in [3.05, 3.63) is 91.0 Å². The summed E-state index contributed by atoms with van der Waals surface area (Å²) in [7, 11) is -1.90. The Bertz CT molecular complexity index is 778. The lowest BCUT2D eigenvalue weighted by atomic mass is 10.2. The molecular weight excluding hydrogens is 363 g/mol. The summed E-state index contributed by atoms with van der Waals surface area (Å²) in [4.78, 5) is 0. The first kappa shape index (κ1) is 19.3. The molecule has 0 radical (unpaired) electrons. The van der Waals surface area contributed by atoms with Crippen molar-refractivity contribution >= 4 is 23.2 Å². The molecule has 1 atom stereocenters. The smallest absolute Gasteiger partial charge is 0.169 e. The Labute approximate surface area is 168 Å². The minimum Gasteiger partial charge on any atom is -0.348 e. The molecule has 28 heavy (non-hydrogen) atoms. The molecule has 144 valence electrons. The standard InChI is InChI=1S/C25H28O2P/c1-21(20-25(2)26-18-19-27-25)28(22-12-6-3-7-13-22,23-14-8-4-9-15-23)24-16-10-5-11-17-24/h3-17,21H,18-20H2,1-2H3/q+1. The van der Waals surface area contributed by atoms with E-state index >= 15 is 0 Å². The van der Waals surface area contributed by atoms with Gasteiger partial charge in [-0.25, -0.2) is 0 Å². The van der Waals surface area contributed by atoms with Crippen LogP contribution >= 0.6 is 7.26 Å². The Kier molecular flexibility index (Phi) is 5.64. The van der Waals surface area contributed by atoms with Gasteiger partial charge in [0.25, 0.3) is 0 Å². The summed E-state index contributed by atoms with van der Waals surface area (Å²) in [5.74, 6) is -0.511. The molecule has 1 saturated heterocycles. The van der Waals surface area contributed by atoms with Crippen molar-refractivity contribution < 1.29 is 9.47 Å². The minimum atomic E-state index is -1.90. The van der Waals surface area contributed by atoms with E-state index in [0.717, 1.165) is 6.42 Å². The van der Waals surface area contributed by atoms with Gasteiger partial charge < -0.3 is 9.47 Å². The van der Waals surface area contributed by atoms with Crippen LogP contribution in [0.3, 0.4) is 0 Å². The Morgan fingerprint density at radius 2 is 1.07 bits per heavy atom. The Balaban J connectivity index is 1.93. The molecule has 0 saturated carbocycles. The summed E-state index contributed by atoms with van der Waals surface area (Å²) in [6.07, 6.45) is 0.861. The first-order valence-electron chi connectivity index (χ1n) is 9.99. The van der Waals surface area contributed by atoms with Crippen molar-refractivity contribution in [2.75, 3.05) is 13.2 Å². The lowest BCUT2D eigenvalue weighted by molar-refractivity contribution is -0.145. The number of benzene rings is 3. The molecule has 0 N–H and O–H groups in total. The predicted octanol–water partition coefficient (Wildman–Crippen LogP) is 4.52. The third-order valence-corrected chi connectivity index (χ3v) is 10.6. The molecule has 3 heteroatoms. The van der Waals surface area contributed by atoms with Crippen LogP contribution in [-0.4, -0.2) is 24.7 Å². The zero-order valence-electron chi connectivity index (χ0n) is 16.6. The van der Waals surface area contributed by atoms with Crippen LogP contribution in [0.25, 0.3) is 0 Å². The number of ether oxygens (including phenoxy) is 2. The van der Waals surface area contributed by atoms with Gasteiger partial charge in [-0.2, -0.15) is 0 Å². The zero-order valence-corrected chi connectivity index (χ0v) is 17.5. The van der Waals surface area contributed by atoms with E-state index in [1.165, 1.54) is 15.9 Å². The molecule has 3 aromatic rings. The van der Waals surface area contributed by atoms with Gasteiger partial charge >= 0.3 is 0 Å². The molecule has 1 fully saturated rings. The number of hydrogen-bond donors (Lipinski definition) is 0. The van der Waals surface area contributed by atoms with Crippen molar-refractivity contribution in [2.45, 2.75) is 31.7 Å². The number of rotatable bonds is 6. The lowest BCUT2D eigenvalue weighted by Crippen LogP contribution is -2.41. The second kappa shape index (κ2) is 8.17. The highest BCUT2D eigenvalue weighted by Gasteiger charge is 2.52. The quantitative estimate of drug-likeness (QED) is 0.575. The van der Waals surface area contributed by atoms with Gasteiger partial charge in [-0.15, -0.1) is 0 Å². The third kappa shape index (κ3) is 3.53. The molecule has 0 aromatic heterocycles. The average Bonchev–Trinajstić information content (AvgIpc) is 3.17. The van der Waals surface area contributed by atoms with Crippen LogP contribution in [0, 0.1) is 0 Å². The normalized spacial score (nSPS) is 17.4. The first-order chi connectivity index (χ1) is 13.7. The molecule has 1 heterocycles. The van der Waals surface area contributed by atoms with E-state index in [1.54, 1.807) is 0 Å². The second-order valence-electron chi connectivity index (χ2n) is 7.61. The summed E-state index contributed by atoms with van der Waals surface area (Å²) in [5, 5.41) is 4.21. The molecule has 4 rings (SSSR count). The molecule has 0 amide bonds. The fourth-order valence-corrected chi connectivity index (χ4v) is 9.50. The van der Waals surface area contributed by atoms with Gasteiger partial charge in [0.05, 0.1) is 18.9 Å². The van der Waals surface area contributed by atoms with E-state index in [4.69, 9.17) is 9.47 Å². The van der Waals surface area contributed by atoms with E-state index in [0.29, 0.717) is 18.9 Å². The average molecular weight is 391 g/mol. The van der Waals surface area contributed by atoms with Gasteiger partial charge in [0.1, 0.15) is 23.2 Å². The second-order valence-corrected chi connectivity index (χ2v) is 11.5. The maximum atomic E-state index is 6.01. The van der Waals surface area contributed by atoms with Crippen molar-refractivity contribution in [3.63, 3.8) is 0 Å². The van der Waals surface area contributed by atoms with Gasteiger partial charge in [-0.05, 0) is 50.2 Å². The van der Waals surface area contributed by atoms with Crippen LogP contribution in [0.1, 0.15) is 20.3 Å². The molecule has 0 aliphatic carbocycles. The number of hydrogen-bond acceptors (Lipinski definition) is 2. The van der Waals surface area contributed by atoms with Gasteiger partial charge in [-0.1, -0.05) is 54.6 Å². The minimum absolute atomic E-state index is 0.364. The fourth-order valence-electron chi connectivity index (χ4n) is 4.55. The summed E-state index contributed by atoms with van der Waals surface area (Å²) in [5.41, 5.74) is 0.364. The molecule has 2 nitrogen and oxygen atoms in total. The summed E-state index contributed by atoms with van der Waals surface area (Å²) < 4.78 is 12.0. The molecule has 1 unspecified atom stereocenters. The SMILES string of the molecule is CC(CC1(C)OCCO1)[P+](c1ccccc1)(c1ccccc1)c1ccccc1. The largest absolute Gasteiger partial charge is 0.348 e. The zero-order chi connectivity index (χ0) is 19.5. The monoisotopic (exact) mass is 391 g/mol. The van der Waals surface area contributed by atoms with Gasteiger partial charge in [-0.3, -0.25) is 0 Å². The highest BCUT2D eigenvalue weighted by atomic mass is 31.2. The van der Waals surface area contributed by atoms with Crippen molar-refractivity contribution in [1.29, 1.82) is 0 Å². The summed E-state index contributed by atoms with van der Waals surface area (Å²) >= 11 is 0. The molecular formula is C25H28O2P+. The Morgan fingerprint density at radius 3 is 1.43 bits per heavy atom. The fraction of sp³-hybridized carbons (Fsp3) is 0.280. The topological polar surface area (TPSA) is 18.5 Å². The first-order valence-corrected chi connectivity index (χ1v) is 11.8. The van der Waals surface area contributed by atoms with E-state index in [2.05, 4.69) is 105 Å². The summed E-state index contributed by atoms with van der Waals surface area (Å²) in [6, 6.07) is 33.0. The van der Waals surface area contributed by atoms with Crippen LogP contribution in [0.15, 0.2) is 91.0 Å². The van der Waals surface area contributed by atoms with Crippen LogP contribution in [-0.2, 0) is 9.47 Å². The van der Waals surface area contributed by atoms with Crippen LogP contribution in [0.5, 0.6) is 0 Å². The van der Waals surface area contributed by atoms with Crippen molar-refractivity contribution in [3.8, 4) is 0 Å². The maximum absolute atomic E-state index is 6.01. The molecule has 1 aliphatic rings. The van der Waals surface area contributed by atoms with E-state index in [9.17, 15) is 0 Å². The van der Waals surface area contributed by atoms with Crippen molar-refractivity contribution in [2.24, 2.45) is 0 Å². The Morgan fingerprint density at radius 1 is 0.714 bits per heavy atom. The van der Waals surface area contributed by atoms with E-state index < -0.39 is 13.0 Å². The van der Waals surface area contributed by atoms with E-state index in [1.807, 2.05) is 0 Å². The highest BCUT2D eigenvalue weighted by Crippen LogP contribution is 2.61. The molecule has 0 spiro atoms. The van der Waals surface area contributed by atoms with Crippen molar-refractivity contribution in [1.82, 2.24) is 0 Å². The highest BCUT2D eigenvalue weighted by molar-refractivity contribution is 7.96. The lowest BCUT2D eigenvalue weighted by Gasteiger charge is -2.36. The Hall–Kier alpha value is -1.99. The molecule has 3 aromatic carbocycles. The van der Waals surface area contributed by atoms with Crippen LogP contribution < -0.4 is 15.9 Å². The molecule has 1 aliphatic heterocycles. The van der Waals surface area contributed by atoms with Gasteiger partial charge in [0.15, 0.2) is 5.79 Å². The van der Waals surface area contributed by atoms with Gasteiger partial charge in [0, 0.05) is 6.42 Å². The summed E-state index contributed by atoms with van der Waals surface area (Å²) in [6.45, 7) is 5.82. The molecule has 0 bridgehead atoms. The van der Waals surface area contributed by atoms with Gasteiger partial charge in [0.2, 0.25) is 0 Å². The predicted molar refractivity (Wildman–Crippen MR) is 120 cm³/mol. The van der Waals surface area contributed by atoms with Crippen LogP contribution in [0.4, 0.5) is 0 Å². The van der Waals surface area contributed by atoms with Crippen LogP contribution in [0.2, 0.25) is 0 Å². The van der Waals surface area contributed by atoms with E-state index in [-0.39, 0.29) is 0 Å². The third-order valence-electron chi connectivity index (χ3n) is 5.72.